The van der Waals surface area contributed by atoms with Gasteiger partial charge in [-0.25, -0.2) is 4.68 Å². The molecule has 5 heteroatoms. The maximum absolute atomic E-state index is 13.1. The lowest BCUT2D eigenvalue weighted by Gasteiger charge is -2.35. The highest BCUT2D eigenvalue weighted by molar-refractivity contribution is 5.85. The molecule has 5 nitrogen and oxygen atoms in total. The van der Waals surface area contributed by atoms with Crippen molar-refractivity contribution in [3.05, 3.63) is 41.7 Å². The third kappa shape index (κ3) is 4.18. The van der Waals surface area contributed by atoms with Gasteiger partial charge in [0.15, 0.2) is 0 Å². The lowest BCUT2D eigenvalue weighted by molar-refractivity contribution is -0.134. The third-order valence-electron chi connectivity index (χ3n) is 5.66. The molecule has 1 heterocycles. The van der Waals surface area contributed by atoms with Crippen LogP contribution in [0.5, 0.6) is 0 Å². The number of carbonyl (C=O) groups excluding carboxylic acids is 1. The number of aryl methyl sites for hydroxylation is 1. The normalized spacial score (nSPS) is 16.1. The first kappa shape index (κ1) is 19.5. The second kappa shape index (κ2) is 8.59. The molecular weight excluding hydrogens is 336 g/mol. The van der Waals surface area contributed by atoms with Gasteiger partial charge in [-0.1, -0.05) is 37.5 Å². The molecule has 3 rings (SSSR count). The van der Waals surface area contributed by atoms with E-state index in [9.17, 15) is 4.79 Å². The molecule has 0 bridgehead atoms. The molecule has 1 amide bonds. The number of nitrogens with zero attached hydrogens (tertiary/aromatic N) is 3. The van der Waals surface area contributed by atoms with Crippen LogP contribution in [0.15, 0.2) is 30.3 Å². The topological polar surface area (TPSA) is 50.2 Å². The fraction of sp³-hybridized carbons (Fsp3) is 0.545. The van der Waals surface area contributed by atoms with Crippen LogP contribution in [0, 0.1) is 13.8 Å². The minimum absolute atomic E-state index is 0.190. The van der Waals surface area contributed by atoms with Crippen molar-refractivity contribution in [1.82, 2.24) is 14.7 Å². The Morgan fingerprint density at radius 3 is 2.52 bits per heavy atom. The quantitative estimate of drug-likeness (QED) is 0.818. The number of rotatable bonds is 6. The summed E-state index contributed by atoms with van der Waals surface area (Å²) in [6.45, 7) is 8.86. The molecule has 1 atom stereocenters. The number of hydrogen-bond acceptors (Lipinski definition) is 3. The first-order valence-electron chi connectivity index (χ1n) is 10.2. The second-order valence-corrected chi connectivity index (χ2v) is 7.58. The zero-order chi connectivity index (χ0) is 19.4. The maximum Gasteiger partial charge on any atom is 0.245 e. The van der Waals surface area contributed by atoms with Gasteiger partial charge in [-0.15, -0.1) is 0 Å². The molecule has 1 aromatic heterocycles. The van der Waals surface area contributed by atoms with E-state index in [1.807, 2.05) is 55.8 Å². The SMILES string of the molecule is CCN(C(=O)[C@H](C)Nc1c(C)nn(-c2ccccc2)c1C)C1CCCCC1. The van der Waals surface area contributed by atoms with E-state index in [0.29, 0.717) is 6.04 Å². The zero-order valence-electron chi connectivity index (χ0n) is 17.0. The van der Waals surface area contributed by atoms with Gasteiger partial charge in [0.05, 0.1) is 22.8 Å². The zero-order valence-corrected chi connectivity index (χ0v) is 17.0. The van der Waals surface area contributed by atoms with Crippen LogP contribution in [-0.4, -0.2) is 39.2 Å². The average Bonchev–Trinajstić information content (AvgIpc) is 2.98. The number of likely N-dealkylation sites (N-methyl/N-ethyl adjacent to an activating group) is 1. The summed E-state index contributed by atoms with van der Waals surface area (Å²) >= 11 is 0. The molecule has 1 aliphatic rings. The summed E-state index contributed by atoms with van der Waals surface area (Å²) in [6.07, 6.45) is 6.04. The predicted octanol–water partition coefficient (Wildman–Crippen LogP) is 4.47. The molecule has 0 radical (unpaired) electrons. The molecular formula is C22H32N4O. The molecule has 1 fully saturated rings. The van der Waals surface area contributed by atoms with Crippen LogP contribution < -0.4 is 5.32 Å². The number of nitrogens with one attached hydrogen (secondary N) is 1. The van der Waals surface area contributed by atoms with Crippen LogP contribution in [0.3, 0.4) is 0 Å². The molecule has 0 unspecified atom stereocenters. The van der Waals surface area contributed by atoms with Gasteiger partial charge in [0.1, 0.15) is 6.04 Å². The van der Waals surface area contributed by atoms with Gasteiger partial charge >= 0.3 is 0 Å². The minimum atomic E-state index is -0.266. The lowest BCUT2D eigenvalue weighted by Crippen LogP contribution is -2.47. The Bertz CT molecular complexity index is 762. The molecule has 2 aromatic rings. The van der Waals surface area contributed by atoms with Crippen molar-refractivity contribution in [2.45, 2.75) is 71.9 Å². The summed E-state index contributed by atoms with van der Waals surface area (Å²) in [4.78, 5) is 15.2. The molecule has 1 N–H and O–H groups in total. The van der Waals surface area contributed by atoms with Crippen LogP contribution in [0.2, 0.25) is 0 Å². The van der Waals surface area contributed by atoms with Crippen LogP contribution in [-0.2, 0) is 4.79 Å². The summed E-state index contributed by atoms with van der Waals surface area (Å²) in [5.74, 6) is 0.190. The Morgan fingerprint density at radius 2 is 1.89 bits per heavy atom. The van der Waals surface area contributed by atoms with Crippen LogP contribution in [0.4, 0.5) is 5.69 Å². The van der Waals surface area contributed by atoms with Crippen molar-refractivity contribution in [1.29, 1.82) is 0 Å². The molecule has 27 heavy (non-hydrogen) atoms. The summed E-state index contributed by atoms with van der Waals surface area (Å²) in [6, 6.07) is 10.2. The maximum atomic E-state index is 13.1. The highest BCUT2D eigenvalue weighted by Gasteiger charge is 2.28. The van der Waals surface area contributed by atoms with E-state index >= 15 is 0 Å². The number of carbonyl (C=O) groups is 1. The number of aromatic nitrogens is 2. The minimum Gasteiger partial charge on any atom is -0.371 e. The van der Waals surface area contributed by atoms with Crippen molar-refractivity contribution in [3.8, 4) is 5.69 Å². The van der Waals surface area contributed by atoms with E-state index in [2.05, 4.69) is 22.2 Å². The standard InChI is InChI=1S/C22H32N4O/c1-5-25(19-12-8-6-9-13-19)22(27)17(3)23-21-16(2)24-26(18(21)4)20-14-10-7-11-15-20/h7,10-11,14-15,17,19,23H,5-6,8-9,12-13H2,1-4H3/t17-/m0/s1. The van der Waals surface area contributed by atoms with Gasteiger partial charge in [0.2, 0.25) is 5.91 Å². The second-order valence-electron chi connectivity index (χ2n) is 7.58. The van der Waals surface area contributed by atoms with Crippen molar-refractivity contribution >= 4 is 11.6 Å². The highest BCUT2D eigenvalue weighted by Crippen LogP contribution is 2.26. The fourth-order valence-electron chi connectivity index (χ4n) is 4.19. The monoisotopic (exact) mass is 368 g/mol. The molecule has 0 aliphatic heterocycles. The van der Waals surface area contributed by atoms with Gasteiger partial charge in [0, 0.05) is 12.6 Å². The molecule has 0 saturated heterocycles. The van der Waals surface area contributed by atoms with Crippen molar-refractivity contribution in [3.63, 3.8) is 0 Å². The van der Waals surface area contributed by atoms with Crippen molar-refractivity contribution in [2.24, 2.45) is 0 Å². The summed E-state index contributed by atoms with van der Waals surface area (Å²) in [7, 11) is 0. The Kier molecular flexibility index (Phi) is 6.19. The molecule has 1 aliphatic carbocycles. The average molecular weight is 369 g/mol. The Labute approximate surface area is 162 Å². The number of hydrogen-bond donors (Lipinski definition) is 1. The highest BCUT2D eigenvalue weighted by atomic mass is 16.2. The van der Waals surface area contributed by atoms with Gasteiger partial charge < -0.3 is 10.2 Å². The number of para-hydroxylation sites is 1. The van der Waals surface area contributed by atoms with E-state index in [1.165, 1.54) is 19.3 Å². The largest absolute Gasteiger partial charge is 0.371 e. The van der Waals surface area contributed by atoms with E-state index in [1.54, 1.807) is 0 Å². The predicted molar refractivity (Wildman–Crippen MR) is 110 cm³/mol. The lowest BCUT2D eigenvalue weighted by atomic mass is 9.94. The Morgan fingerprint density at radius 1 is 1.22 bits per heavy atom. The van der Waals surface area contributed by atoms with Gasteiger partial charge in [-0.3, -0.25) is 4.79 Å². The summed E-state index contributed by atoms with van der Waals surface area (Å²) in [5.41, 5.74) is 3.93. The van der Waals surface area contributed by atoms with Crippen LogP contribution >= 0.6 is 0 Å². The molecule has 1 saturated carbocycles. The number of anilines is 1. The van der Waals surface area contributed by atoms with Crippen LogP contribution in [0.1, 0.15) is 57.3 Å². The summed E-state index contributed by atoms with van der Waals surface area (Å²) < 4.78 is 1.94. The Hall–Kier alpha value is -2.30. The molecule has 0 spiro atoms. The third-order valence-corrected chi connectivity index (χ3v) is 5.66. The fourth-order valence-corrected chi connectivity index (χ4v) is 4.19. The number of amides is 1. The first-order chi connectivity index (χ1) is 13.0. The van der Waals surface area contributed by atoms with E-state index in [4.69, 9.17) is 0 Å². The molecule has 146 valence electrons. The number of benzene rings is 1. The summed E-state index contributed by atoms with van der Waals surface area (Å²) in [5, 5.41) is 8.12. The smallest absolute Gasteiger partial charge is 0.245 e. The molecule has 1 aromatic carbocycles. The van der Waals surface area contributed by atoms with Crippen LogP contribution in [0.25, 0.3) is 5.69 Å². The van der Waals surface area contributed by atoms with Gasteiger partial charge in [-0.2, -0.15) is 5.10 Å². The van der Waals surface area contributed by atoms with E-state index in [0.717, 1.165) is 42.1 Å². The first-order valence-corrected chi connectivity index (χ1v) is 10.2. The van der Waals surface area contributed by atoms with Gasteiger partial charge in [-0.05, 0) is 52.7 Å². The van der Waals surface area contributed by atoms with E-state index in [-0.39, 0.29) is 11.9 Å². The van der Waals surface area contributed by atoms with E-state index < -0.39 is 0 Å². The van der Waals surface area contributed by atoms with Crippen molar-refractivity contribution < 1.29 is 4.79 Å². The Balaban J connectivity index is 1.76. The van der Waals surface area contributed by atoms with Gasteiger partial charge in [0.25, 0.3) is 0 Å². The van der Waals surface area contributed by atoms with Crippen molar-refractivity contribution in [2.75, 3.05) is 11.9 Å².